The quantitative estimate of drug-likeness (QED) is 0.837. The van der Waals surface area contributed by atoms with Crippen molar-refractivity contribution in [3.63, 3.8) is 0 Å². The highest BCUT2D eigenvalue weighted by atomic mass is 32.2. The van der Waals surface area contributed by atoms with Crippen molar-refractivity contribution in [3.8, 4) is 5.75 Å². The smallest absolute Gasteiger partial charge is 0.185 e. The summed E-state index contributed by atoms with van der Waals surface area (Å²) < 4.78 is 5.21. The number of aliphatic hydroxyl groups excluding tert-OH is 2. The van der Waals surface area contributed by atoms with Gasteiger partial charge >= 0.3 is 0 Å². The van der Waals surface area contributed by atoms with E-state index in [1.165, 1.54) is 14.0 Å². The molecule has 0 saturated carbocycles. The van der Waals surface area contributed by atoms with E-state index in [2.05, 4.69) is 0 Å². The third-order valence-electron chi connectivity index (χ3n) is 2.79. The van der Waals surface area contributed by atoms with E-state index in [0.29, 0.717) is 23.5 Å². The molecule has 0 aliphatic rings. The fraction of sp³-hybridized carbons (Fsp3) is 0.500. The average molecular weight is 284 g/mol. The highest BCUT2D eigenvalue weighted by Crippen LogP contribution is 2.29. The zero-order valence-electron chi connectivity index (χ0n) is 11.4. The third kappa shape index (κ3) is 4.86. The van der Waals surface area contributed by atoms with Gasteiger partial charge in [0.05, 0.1) is 13.2 Å². The van der Waals surface area contributed by atoms with Gasteiger partial charge < -0.3 is 14.9 Å². The second-order valence-electron chi connectivity index (χ2n) is 4.39. The molecule has 2 unspecified atom stereocenters. The number of carbonyl (C=O) groups excluding carboxylic acids is 1. The Morgan fingerprint density at radius 2 is 2.11 bits per heavy atom. The van der Waals surface area contributed by atoms with Gasteiger partial charge in [-0.3, -0.25) is 4.79 Å². The monoisotopic (exact) mass is 284 g/mol. The second-order valence-corrected chi connectivity index (χ2v) is 5.66. The Hall–Kier alpha value is -1.04. The van der Waals surface area contributed by atoms with E-state index in [1.54, 1.807) is 6.07 Å². The van der Waals surface area contributed by atoms with Crippen LogP contribution in [0.15, 0.2) is 18.2 Å². The second kappa shape index (κ2) is 7.53. The number of rotatable bonds is 6. The van der Waals surface area contributed by atoms with Crippen LogP contribution in [0.2, 0.25) is 0 Å². The van der Waals surface area contributed by atoms with Crippen LogP contribution in [0.1, 0.15) is 30.6 Å². The third-order valence-corrected chi connectivity index (χ3v) is 3.64. The van der Waals surface area contributed by atoms with Crippen molar-refractivity contribution < 1.29 is 19.7 Å². The van der Waals surface area contributed by atoms with Gasteiger partial charge in [0, 0.05) is 18.2 Å². The summed E-state index contributed by atoms with van der Waals surface area (Å²) in [6.07, 6.45) is -1.57. The first kappa shape index (κ1) is 16.0. The largest absolute Gasteiger partial charge is 0.496 e. The van der Waals surface area contributed by atoms with Crippen molar-refractivity contribution in [2.24, 2.45) is 0 Å². The maximum Gasteiger partial charge on any atom is 0.185 e. The van der Waals surface area contributed by atoms with Crippen LogP contribution in [-0.2, 0) is 4.79 Å². The molecule has 0 amide bonds. The first-order valence-corrected chi connectivity index (χ1v) is 7.08. The maximum absolute atomic E-state index is 10.8. The first-order chi connectivity index (χ1) is 8.95. The molecule has 2 N–H and O–H groups in total. The van der Waals surface area contributed by atoms with Gasteiger partial charge in [-0.15, -0.1) is 0 Å². The molecule has 1 aromatic rings. The molecule has 0 aromatic heterocycles. The predicted molar refractivity (Wildman–Crippen MR) is 76.5 cm³/mol. The highest BCUT2D eigenvalue weighted by Gasteiger charge is 2.21. The minimum atomic E-state index is -1.01. The van der Waals surface area contributed by atoms with Crippen molar-refractivity contribution in [2.75, 3.05) is 12.9 Å². The average Bonchev–Trinajstić information content (AvgIpc) is 2.37. The molecule has 0 aliphatic heterocycles. The van der Waals surface area contributed by atoms with Gasteiger partial charge in [-0.25, -0.2) is 0 Å². The normalized spacial score (nSPS) is 13.9. The summed E-state index contributed by atoms with van der Waals surface area (Å²) in [5.74, 6) is 1.05. The van der Waals surface area contributed by atoms with E-state index in [1.807, 2.05) is 19.1 Å². The van der Waals surface area contributed by atoms with Gasteiger partial charge in [0.15, 0.2) is 5.12 Å². The van der Waals surface area contributed by atoms with Gasteiger partial charge in [-0.2, -0.15) is 0 Å². The molecule has 1 aromatic carbocycles. The van der Waals surface area contributed by atoms with Gasteiger partial charge in [0.25, 0.3) is 0 Å². The summed E-state index contributed by atoms with van der Waals surface area (Å²) in [7, 11) is 1.53. The molecule has 0 fully saturated rings. The SMILES string of the molecule is COc1cc(C)ccc1C(O)C(O)CCSC(C)=O. The fourth-order valence-corrected chi connectivity index (χ4v) is 2.40. The molecule has 4 nitrogen and oxygen atoms in total. The zero-order valence-corrected chi connectivity index (χ0v) is 12.2. The van der Waals surface area contributed by atoms with Gasteiger partial charge in [-0.05, 0) is 25.0 Å². The summed E-state index contributed by atoms with van der Waals surface area (Å²) in [6, 6.07) is 5.42. The Labute approximate surface area is 117 Å². The summed E-state index contributed by atoms with van der Waals surface area (Å²) in [5.41, 5.74) is 1.59. The molecule has 0 heterocycles. The molecule has 0 saturated heterocycles. The Morgan fingerprint density at radius 1 is 1.42 bits per heavy atom. The van der Waals surface area contributed by atoms with Crippen LogP contribution in [0.3, 0.4) is 0 Å². The fourth-order valence-electron chi connectivity index (χ4n) is 1.75. The van der Waals surface area contributed by atoms with Crippen LogP contribution >= 0.6 is 11.8 Å². The maximum atomic E-state index is 10.8. The van der Waals surface area contributed by atoms with Crippen LogP contribution in [-0.4, -0.2) is 34.3 Å². The summed E-state index contributed by atoms with van der Waals surface area (Å²) in [5, 5.41) is 20.1. The molecule has 106 valence electrons. The van der Waals surface area contributed by atoms with Crippen molar-refractivity contribution in [1.29, 1.82) is 0 Å². The molecule has 0 spiro atoms. The number of hydrogen-bond acceptors (Lipinski definition) is 5. The van der Waals surface area contributed by atoms with E-state index in [0.717, 1.165) is 17.3 Å². The lowest BCUT2D eigenvalue weighted by molar-refractivity contribution is -0.109. The summed E-state index contributed by atoms with van der Waals surface area (Å²) in [4.78, 5) is 10.8. The number of carbonyl (C=O) groups is 1. The summed E-state index contributed by atoms with van der Waals surface area (Å²) in [6.45, 7) is 3.41. The Morgan fingerprint density at radius 3 is 2.68 bits per heavy atom. The van der Waals surface area contributed by atoms with Gasteiger partial charge in [-0.1, -0.05) is 23.9 Å². The molecule has 0 radical (unpaired) electrons. The number of aryl methyl sites for hydroxylation is 1. The topological polar surface area (TPSA) is 66.8 Å². The first-order valence-electron chi connectivity index (χ1n) is 6.09. The number of ether oxygens (including phenoxy) is 1. The summed E-state index contributed by atoms with van der Waals surface area (Å²) >= 11 is 1.14. The molecule has 0 aliphatic carbocycles. The van der Waals surface area contributed by atoms with Crippen molar-refractivity contribution >= 4 is 16.9 Å². The van der Waals surface area contributed by atoms with E-state index in [9.17, 15) is 15.0 Å². The molecular formula is C14H20O4S. The lowest BCUT2D eigenvalue weighted by Crippen LogP contribution is -2.19. The standard InChI is InChI=1S/C14H20O4S/c1-9-4-5-11(13(8-9)18-3)14(17)12(16)6-7-19-10(2)15/h4-5,8,12,14,16-17H,6-7H2,1-3H3. The molecule has 2 atom stereocenters. The van der Waals surface area contributed by atoms with E-state index in [4.69, 9.17) is 4.74 Å². The van der Waals surface area contributed by atoms with Crippen molar-refractivity contribution in [1.82, 2.24) is 0 Å². The lowest BCUT2D eigenvalue weighted by Gasteiger charge is -2.20. The molecule has 5 heteroatoms. The zero-order chi connectivity index (χ0) is 14.4. The van der Waals surface area contributed by atoms with Crippen molar-refractivity contribution in [3.05, 3.63) is 29.3 Å². The molecule has 0 bridgehead atoms. The predicted octanol–water partition coefficient (Wildman–Crippen LogP) is 2.07. The van der Waals surface area contributed by atoms with Crippen LogP contribution in [0.4, 0.5) is 0 Å². The van der Waals surface area contributed by atoms with E-state index in [-0.39, 0.29) is 5.12 Å². The number of aliphatic hydroxyl groups is 2. The molecule has 19 heavy (non-hydrogen) atoms. The van der Waals surface area contributed by atoms with Gasteiger partial charge in [0.1, 0.15) is 11.9 Å². The van der Waals surface area contributed by atoms with E-state index >= 15 is 0 Å². The van der Waals surface area contributed by atoms with Gasteiger partial charge in [0.2, 0.25) is 0 Å². The highest BCUT2D eigenvalue weighted by molar-refractivity contribution is 8.13. The molecular weight excluding hydrogens is 264 g/mol. The minimum Gasteiger partial charge on any atom is -0.496 e. The van der Waals surface area contributed by atoms with Crippen LogP contribution in [0.5, 0.6) is 5.75 Å². The van der Waals surface area contributed by atoms with Crippen LogP contribution in [0, 0.1) is 6.92 Å². The van der Waals surface area contributed by atoms with Crippen LogP contribution < -0.4 is 4.74 Å². The lowest BCUT2D eigenvalue weighted by atomic mass is 10.0. The number of hydrogen-bond donors (Lipinski definition) is 2. The van der Waals surface area contributed by atoms with Crippen LogP contribution in [0.25, 0.3) is 0 Å². The molecule has 1 rings (SSSR count). The van der Waals surface area contributed by atoms with E-state index < -0.39 is 12.2 Å². The minimum absolute atomic E-state index is 0.00889. The number of benzene rings is 1. The number of thioether (sulfide) groups is 1. The Balaban J connectivity index is 2.70. The Kier molecular flexibility index (Phi) is 6.34. The Bertz CT molecular complexity index is 433. The van der Waals surface area contributed by atoms with Crippen molar-refractivity contribution in [2.45, 2.75) is 32.5 Å². The number of methoxy groups -OCH3 is 1.